The highest BCUT2D eigenvalue weighted by molar-refractivity contribution is 5.71. The van der Waals surface area contributed by atoms with Crippen molar-refractivity contribution in [1.82, 2.24) is 0 Å². The Labute approximate surface area is 408 Å². The maximum absolute atomic E-state index is 12.8. The molecule has 0 bridgehead atoms. The number of unbranched alkanes of at least 4 members (excludes halogenated alkanes) is 31. The average Bonchev–Trinajstić information content (AvgIpc) is 3.31. The highest BCUT2D eigenvalue weighted by Gasteiger charge is 2.19. The fourth-order valence-corrected chi connectivity index (χ4v) is 7.87. The summed E-state index contributed by atoms with van der Waals surface area (Å²) in [5.41, 5.74) is 0. The van der Waals surface area contributed by atoms with Crippen LogP contribution in [0.4, 0.5) is 0 Å². The van der Waals surface area contributed by atoms with Crippen LogP contribution in [-0.4, -0.2) is 37.2 Å². The van der Waals surface area contributed by atoms with E-state index in [9.17, 15) is 14.4 Å². The molecule has 0 saturated carbocycles. The molecule has 380 valence electrons. The van der Waals surface area contributed by atoms with E-state index in [1.165, 1.54) is 148 Å². The van der Waals surface area contributed by atoms with Crippen LogP contribution in [0.25, 0.3) is 0 Å². The maximum atomic E-state index is 12.8. The molecule has 1 atom stereocenters. The SMILES string of the molecule is CC\C=C/C=C\C=C/C=C\C=C/CCCCCC(=O)OC(COC(=O)CCCCC/C=C\CCCCCCCCC)COC(=O)CCCCCCCCCCCCCCCCCCCCC. The van der Waals surface area contributed by atoms with Crippen LogP contribution < -0.4 is 0 Å². The molecule has 0 N–H and O–H groups in total. The van der Waals surface area contributed by atoms with Gasteiger partial charge in [-0.15, -0.1) is 0 Å². The van der Waals surface area contributed by atoms with Gasteiger partial charge >= 0.3 is 17.9 Å². The van der Waals surface area contributed by atoms with E-state index in [4.69, 9.17) is 14.2 Å². The average molecular weight is 921 g/mol. The number of carbonyl (C=O) groups excluding carboxylic acids is 3. The van der Waals surface area contributed by atoms with E-state index in [1.807, 2.05) is 48.6 Å². The molecule has 0 saturated heterocycles. The van der Waals surface area contributed by atoms with Crippen molar-refractivity contribution in [3.8, 4) is 0 Å². The van der Waals surface area contributed by atoms with Gasteiger partial charge in [-0.3, -0.25) is 14.4 Å². The third-order valence-corrected chi connectivity index (χ3v) is 12.1. The maximum Gasteiger partial charge on any atom is 0.306 e. The van der Waals surface area contributed by atoms with Gasteiger partial charge in [-0.1, -0.05) is 261 Å². The standard InChI is InChI=1S/C60H104O6/c1-4-7-10-13-16-19-22-25-28-29-30-31-33-35-38-41-44-47-50-53-59(62)65-56-57(55-64-58(61)52-49-46-43-40-37-34-27-24-21-18-15-12-9-6-3)66-60(63)54-51-48-45-42-39-36-32-26-23-20-17-14-11-8-5-2/h8,11,14,17,20,23,26,32,34,36-37,39,57H,4-7,9-10,12-13,15-16,18-19,21-22,24-25,27-31,33,35,38,40-56H2,1-3H3/b11-8-,17-14-,23-20-,32-26-,37-34-,39-36-. The topological polar surface area (TPSA) is 78.9 Å². The van der Waals surface area contributed by atoms with Gasteiger partial charge in [-0.2, -0.15) is 0 Å². The molecule has 6 heteroatoms. The predicted octanol–water partition coefficient (Wildman–Crippen LogP) is 18.6. The minimum atomic E-state index is -0.802. The first-order valence-corrected chi connectivity index (χ1v) is 28.0. The lowest BCUT2D eigenvalue weighted by Crippen LogP contribution is -2.30. The summed E-state index contributed by atoms with van der Waals surface area (Å²) in [4.78, 5) is 38.1. The zero-order chi connectivity index (χ0) is 47.9. The second kappa shape index (κ2) is 54.5. The fraction of sp³-hybridized carbons (Fsp3) is 0.750. The van der Waals surface area contributed by atoms with Crippen LogP contribution in [0, 0.1) is 0 Å². The smallest absolute Gasteiger partial charge is 0.306 e. The molecule has 0 heterocycles. The second-order valence-corrected chi connectivity index (χ2v) is 18.6. The molecule has 1 unspecified atom stereocenters. The van der Waals surface area contributed by atoms with Crippen molar-refractivity contribution in [3.63, 3.8) is 0 Å². The summed E-state index contributed by atoms with van der Waals surface area (Å²) in [6, 6.07) is 0. The highest BCUT2D eigenvalue weighted by Crippen LogP contribution is 2.16. The number of hydrogen-bond donors (Lipinski definition) is 0. The predicted molar refractivity (Wildman–Crippen MR) is 284 cm³/mol. The summed E-state index contributed by atoms with van der Waals surface area (Å²) in [5, 5.41) is 0. The molecule has 0 aromatic rings. The van der Waals surface area contributed by atoms with E-state index in [0.717, 1.165) is 77.0 Å². The van der Waals surface area contributed by atoms with E-state index in [0.29, 0.717) is 19.3 Å². The first kappa shape index (κ1) is 62.8. The Morgan fingerprint density at radius 3 is 0.985 bits per heavy atom. The van der Waals surface area contributed by atoms with Crippen molar-refractivity contribution in [2.45, 2.75) is 277 Å². The van der Waals surface area contributed by atoms with Crippen molar-refractivity contribution in [1.29, 1.82) is 0 Å². The first-order valence-electron chi connectivity index (χ1n) is 28.0. The van der Waals surface area contributed by atoms with E-state index in [1.54, 1.807) is 0 Å². The van der Waals surface area contributed by atoms with Gasteiger partial charge in [0.15, 0.2) is 6.10 Å². The summed E-state index contributed by atoms with van der Waals surface area (Å²) in [6.07, 6.45) is 68.9. The first-order chi connectivity index (χ1) is 32.5. The molecule has 6 nitrogen and oxygen atoms in total. The third kappa shape index (κ3) is 51.8. The molecule has 0 rings (SSSR count). The highest BCUT2D eigenvalue weighted by atomic mass is 16.6. The quantitative estimate of drug-likeness (QED) is 0.0199. The van der Waals surface area contributed by atoms with Gasteiger partial charge in [0, 0.05) is 19.3 Å². The van der Waals surface area contributed by atoms with Crippen LogP contribution in [0.1, 0.15) is 271 Å². The Kier molecular flexibility index (Phi) is 51.9. The molecule has 0 spiro atoms. The number of rotatable bonds is 50. The number of esters is 3. The molecule has 0 aromatic heterocycles. The Morgan fingerprint density at radius 1 is 0.318 bits per heavy atom. The lowest BCUT2D eigenvalue weighted by Gasteiger charge is -2.18. The molecule has 0 aromatic carbocycles. The lowest BCUT2D eigenvalue weighted by atomic mass is 10.0. The molecule has 0 radical (unpaired) electrons. The summed E-state index contributed by atoms with van der Waals surface area (Å²) in [7, 11) is 0. The molecular weight excluding hydrogens is 817 g/mol. The molecule has 0 aliphatic carbocycles. The lowest BCUT2D eigenvalue weighted by molar-refractivity contribution is -0.167. The van der Waals surface area contributed by atoms with Crippen LogP contribution in [-0.2, 0) is 28.6 Å². The van der Waals surface area contributed by atoms with E-state index in [2.05, 4.69) is 45.1 Å². The number of ether oxygens (including phenoxy) is 3. The van der Waals surface area contributed by atoms with Crippen molar-refractivity contribution in [2.75, 3.05) is 13.2 Å². The largest absolute Gasteiger partial charge is 0.462 e. The Balaban J connectivity index is 4.41. The van der Waals surface area contributed by atoms with Crippen LogP contribution in [0.5, 0.6) is 0 Å². The van der Waals surface area contributed by atoms with E-state index in [-0.39, 0.29) is 37.5 Å². The van der Waals surface area contributed by atoms with Gasteiger partial charge in [-0.05, 0) is 64.2 Å². The van der Waals surface area contributed by atoms with Crippen LogP contribution in [0.3, 0.4) is 0 Å². The zero-order valence-electron chi connectivity index (χ0n) is 43.4. The Bertz CT molecular complexity index is 1240. The minimum absolute atomic E-state index is 0.0954. The van der Waals surface area contributed by atoms with Crippen LogP contribution in [0.15, 0.2) is 72.9 Å². The van der Waals surface area contributed by atoms with Gasteiger partial charge in [0.05, 0.1) is 0 Å². The monoisotopic (exact) mass is 921 g/mol. The van der Waals surface area contributed by atoms with Gasteiger partial charge in [0.1, 0.15) is 13.2 Å². The zero-order valence-corrected chi connectivity index (χ0v) is 43.4. The van der Waals surface area contributed by atoms with Crippen LogP contribution in [0.2, 0.25) is 0 Å². The van der Waals surface area contributed by atoms with Crippen molar-refractivity contribution >= 4 is 17.9 Å². The molecule has 66 heavy (non-hydrogen) atoms. The number of allylic oxidation sites excluding steroid dienone is 12. The minimum Gasteiger partial charge on any atom is -0.462 e. The molecule has 0 aliphatic heterocycles. The second-order valence-electron chi connectivity index (χ2n) is 18.6. The molecular formula is C60H104O6. The summed E-state index contributed by atoms with van der Waals surface area (Å²) >= 11 is 0. The normalized spacial score (nSPS) is 12.6. The summed E-state index contributed by atoms with van der Waals surface area (Å²) in [5.74, 6) is -0.946. The van der Waals surface area contributed by atoms with Gasteiger partial charge in [0.2, 0.25) is 0 Å². The summed E-state index contributed by atoms with van der Waals surface area (Å²) in [6.45, 7) is 6.47. The molecule has 0 aliphatic rings. The van der Waals surface area contributed by atoms with Crippen molar-refractivity contribution in [2.24, 2.45) is 0 Å². The molecule has 0 fully saturated rings. The number of hydrogen-bond acceptors (Lipinski definition) is 6. The van der Waals surface area contributed by atoms with Crippen LogP contribution >= 0.6 is 0 Å². The Hall–Kier alpha value is -3.15. The van der Waals surface area contributed by atoms with Gasteiger partial charge < -0.3 is 14.2 Å². The Morgan fingerprint density at radius 2 is 0.606 bits per heavy atom. The van der Waals surface area contributed by atoms with Crippen molar-refractivity contribution in [3.05, 3.63) is 72.9 Å². The third-order valence-electron chi connectivity index (χ3n) is 12.1. The fourth-order valence-electron chi connectivity index (χ4n) is 7.87. The molecule has 0 amide bonds. The van der Waals surface area contributed by atoms with Gasteiger partial charge in [0.25, 0.3) is 0 Å². The van der Waals surface area contributed by atoms with E-state index >= 15 is 0 Å². The van der Waals surface area contributed by atoms with Gasteiger partial charge in [-0.25, -0.2) is 0 Å². The number of carbonyl (C=O) groups is 3. The van der Waals surface area contributed by atoms with Crippen molar-refractivity contribution < 1.29 is 28.6 Å². The summed E-state index contributed by atoms with van der Waals surface area (Å²) < 4.78 is 16.8. The van der Waals surface area contributed by atoms with E-state index < -0.39 is 6.10 Å².